The number of piperidine rings is 1. The Morgan fingerprint density at radius 3 is 2.49 bits per heavy atom. The van der Waals surface area contributed by atoms with Gasteiger partial charge in [0.2, 0.25) is 5.91 Å². The summed E-state index contributed by atoms with van der Waals surface area (Å²) in [5, 5.41) is 2.36. The van der Waals surface area contributed by atoms with Crippen LogP contribution >= 0.6 is 0 Å². The Morgan fingerprint density at radius 1 is 0.971 bits per heavy atom. The Hall–Kier alpha value is -3.11. The van der Waals surface area contributed by atoms with Gasteiger partial charge in [0.25, 0.3) is 0 Å². The van der Waals surface area contributed by atoms with Crippen molar-refractivity contribution >= 4 is 5.91 Å². The lowest BCUT2D eigenvalue weighted by molar-refractivity contribution is -0.640. The van der Waals surface area contributed by atoms with Crippen molar-refractivity contribution in [2.24, 2.45) is 5.92 Å². The fraction of sp³-hybridized carbons (Fsp3) is 0.387. The summed E-state index contributed by atoms with van der Waals surface area (Å²) in [7, 11) is 0. The first-order chi connectivity index (χ1) is 17.2. The summed E-state index contributed by atoms with van der Waals surface area (Å²) in [5.41, 5.74) is 4.91. The lowest BCUT2D eigenvalue weighted by Crippen LogP contribution is -2.82. The van der Waals surface area contributed by atoms with E-state index < -0.39 is 0 Å². The van der Waals surface area contributed by atoms with Gasteiger partial charge in [0, 0.05) is 12.1 Å². The van der Waals surface area contributed by atoms with Gasteiger partial charge in [-0.25, -0.2) is 0 Å². The molecule has 3 aromatic rings. The number of rotatable bonds is 3. The second-order valence-electron chi connectivity index (χ2n) is 10.6. The number of nitrogens with two attached hydrogens (primary N) is 1. The van der Waals surface area contributed by atoms with Gasteiger partial charge in [-0.3, -0.25) is 4.79 Å². The quantitative estimate of drug-likeness (QED) is 0.622. The SMILES string of the molecule is Cc1cccc2c1OCC[C@]21C[NH2+]C[C@H]1C(=O)N1CC[C@@H](c2ccccc2)C[C@H]1c1ccccc1. The molecular formula is C31H35N2O2+. The molecule has 3 heterocycles. The van der Waals surface area contributed by atoms with Crippen LogP contribution in [-0.2, 0) is 10.2 Å². The van der Waals surface area contributed by atoms with E-state index in [0.717, 1.165) is 44.6 Å². The van der Waals surface area contributed by atoms with Crippen LogP contribution in [0.25, 0.3) is 0 Å². The Morgan fingerprint density at radius 2 is 1.71 bits per heavy atom. The molecule has 6 rings (SSSR count). The minimum Gasteiger partial charge on any atom is -0.493 e. The average Bonchev–Trinajstić information content (AvgIpc) is 3.33. The molecule has 3 aliphatic rings. The van der Waals surface area contributed by atoms with Crippen molar-refractivity contribution in [3.63, 3.8) is 0 Å². The van der Waals surface area contributed by atoms with Gasteiger partial charge >= 0.3 is 0 Å². The second-order valence-corrected chi connectivity index (χ2v) is 10.6. The molecule has 0 bridgehead atoms. The van der Waals surface area contributed by atoms with Crippen molar-refractivity contribution in [2.45, 2.75) is 43.6 Å². The summed E-state index contributed by atoms with van der Waals surface area (Å²) in [6, 6.07) is 28.1. The molecule has 2 fully saturated rings. The molecule has 4 atom stereocenters. The zero-order valence-electron chi connectivity index (χ0n) is 20.5. The molecule has 3 aliphatic heterocycles. The fourth-order valence-electron chi connectivity index (χ4n) is 6.94. The first-order valence-corrected chi connectivity index (χ1v) is 13.1. The summed E-state index contributed by atoms with van der Waals surface area (Å²) in [6.45, 7) is 5.43. The molecule has 1 spiro atoms. The first-order valence-electron chi connectivity index (χ1n) is 13.1. The predicted octanol–water partition coefficient (Wildman–Crippen LogP) is 4.36. The third kappa shape index (κ3) is 3.84. The third-order valence-electron chi connectivity index (χ3n) is 8.76. The summed E-state index contributed by atoms with van der Waals surface area (Å²) in [4.78, 5) is 16.7. The van der Waals surface area contributed by atoms with Crippen LogP contribution in [0.5, 0.6) is 5.75 Å². The van der Waals surface area contributed by atoms with Gasteiger partial charge in [0.1, 0.15) is 11.7 Å². The molecule has 3 aromatic carbocycles. The molecule has 0 aromatic heterocycles. The largest absolute Gasteiger partial charge is 0.493 e. The van der Waals surface area contributed by atoms with E-state index in [1.807, 2.05) is 0 Å². The van der Waals surface area contributed by atoms with Gasteiger partial charge in [0.15, 0.2) is 0 Å². The number of para-hydroxylation sites is 1. The van der Waals surface area contributed by atoms with E-state index in [-0.39, 0.29) is 17.4 Å². The monoisotopic (exact) mass is 467 g/mol. The van der Waals surface area contributed by atoms with E-state index in [1.54, 1.807) is 0 Å². The van der Waals surface area contributed by atoms with Crippen LogP contribution in [0.3, 0.4) is 0 Å². The Labute approximate surface area is 208 Å². The number of hydrogen-bond acceptors (Lipinski definition) is 2. The van der Waals surface area contributed by atoms with Crippen LogP contribution < -0.4 is 10.1 Å². The molecule has 4 nitrogen and oxygen atoms in total. The average molecular weight is 468 g/mol. The van der Waals surface area contributed by atoms with Crippen molar-refractivity contribution in [3.05, 3.63) is 101 Å². The van der Waals surface area contributed by atoms with Crippen LogP contribution in [0.4, 0.5) is 0 Å². The molecule has 2 saturated heterocycles. The van der Waals surface area contributed by atoms with Crippen LogP contribution in [0, 0.1) is 12.8 Å². The number of fused-ring (bicyclic) bond motifs is 2. The predicted molar refractivity (Wildman–Crippen MR) is 137 cm³/mol. The van der Waals surface area contributed by atoms with Gasteiger partial charge < -0.3 is 15.0 Å². The van der Waals surface area contributed by atoms with E-state index in [2.05, 4.69) is 96.0 Å². The summed E-state index contributed by atoms with van der Waals surface area (Å²) < 4.78 is 6.13. The fourth-order valence-corrected chi connectivity index (χ4v) is 6.94. The van der Waals surface area contributed by atoms with Crippen molar-refractivity contribution in [1.82, 2.24) is 4.90 Å². The highest BCUT2D eigenvalue weighted by Gasteiger charge is 2.55. The van der Waals surface area contributed by atoms with E-state index in [4.69, 9.17) is 4.74 Å². The molecular weight excluding hydrogens is 432 g/mol. The second kappa shape index (κ2) is 9.16. The van der Waals surface area contributed by atoms with Crippen LogP contribution in [0.1, 0.15) is 53.5 Å². The minimum atomic E-state index is -0.145. The first kappa shape index (κ1) is 22.4. The van der Waals surface area contributed by atoms with Crippen molar-refractivity contribution in [1.29, 1.82) is 0 Å². The highest BCUT2D eigenvalue weighted by atomic mass is 16.5. The highest BCUT2D eigenvalue weighted by Crippen LogP contribution is 2.48. The number of carbonyl (C=O) groups excluding carboxylic acids is 1. The topological polar surface area (TPSA) is 46.1 Å². The van der Waals surface area contributed by atoms with Crippen LogP contribution in [0.2, 0.25) is 0 Å². The van der Waals surface area contributed by atoms with Gasteiger partial charge in [-0.1, -0.05) is 78.9 Å². The Bertz CT molecular complexity index is 1200. The zero-order chi connectivity index (χ0) is 23.8. The third-order valence-corrected chi connectivity index (χ3v) is 8.76. The standard InChI is InChI=1S/C31H34N2O2/c1-22-9-8-14-26-29(22)35-18-16-31(26)21-32-20-27(31)30(34)33-17-15-25(23-10-4-2-5-11-23)19-28(33)24-12-6-3-7-13-24/h2-14,25,27-28,32H,15-21H2,1H3/p+1/t25-,27+,28+,31+/m1/s1. The summed E-state index contributed by atoms with van der Waals surface area (Å²) >= 11 is 0. The molecule has 0 saturated carbocycles. The molecule has 1 amide bonds. The molecule has 0 radical (unpaired) electrons. The van der Waals surface area contributed by atoms with Crippen LogP contribution in [-0.4, -0.2) is 37.0 Å². The Balaban J connectivity index is 1.35. The van der Waals surface area contributed by atoms with Gasteiger partial charge in [0.05, 0.1) is 31.2 Å². The minimum absolute atomic E-state index is 0.0218. The molecule has 35 heavy (non-hydrogen) atoms. The number of quaternary nitrogens is 1. The normalized spacial score (nSPS) is 27.9. The Kier molecular flexibility index (Phi) is 5.85. The van der Waals surface area contributed by atoms with E-state index in [1.165, 1.54) is 22.3 Å². The van der Waals surface area contributed by atoms with Crippen molar-refractivity contribution < 1.29 is 14.8 Å². The zero-order valence-corrected chi connectivity index (χ0v) is 20.5. The molecule has 0 unspecified atom stereocenters. The van der Waals surface area contributed by atoms with Gasteiger partial charge in [-0.15, -0.1) is 0 Å². The van der Waals surface area contributed by atoms with Crippen molar-refractivity contribution in [2.75, 3.05) is 26.2 Å². The maximum atomic E-state index is 14.5. The number of amides is 1. The van der Waals surface area contributed by atoms with E-state index in [0.29, 0.717) is 18.4 Å². The maximum absolute atomic E-state index is 14.5. The lowest BCUT2D eigenvalue weighted by Gasteiger charge is -2.44. The number of aryl methyl sites for hydroxylation is 1. The molecule has 180 valence electrons. The summed E-state index contributed by atoms with van der Waals surface area (Å²) in [5.74, 6) is 1.79. The number of likely N-dealkylation sites (tertiary alicyclic amines) is 1. The number of carbonyl (C=O) groups is 1. The smallest absolute Gasteiger partial charge is 0.233 e. The summed E-state index contributed by atoms with van der Waals surface area (Å²) in [6.07, 6.45) is 2.90. The van der Waals surface area contributed by atoms with Gasteiger partial charge in [-0.05, 0) is 48.8 Å². The number of benzene rings is 3. The lowest BCUT2D eigenvalue weighted by atomic mass is 9.67. The van der Waals surface area contributed by atoms with E-state index >= 15 is 0 Å². The van der Waals surface area contributed by atoms with Crippen LogP contribution in [0.15, 0.2) is 78.9 Å². The number of ether oxygens (including phenoxy) is 1. The van der Waals surface area contributed by atoms with E-state index in [9.17, 15) is 4.79 Å². The highest BCUT2D eigenvalue weighted by molar-refractivity contribution is 5.82. The molecule has 0 aliphatic carbocycles. The van der Waals surface area contributed by atoms with Gasteiger partial charge in [-0.2, -0.15) is 0 Å². The number of nitrogens with zero attached hydrogens (tertiary/aromatic N) is 1. The maximum Gasteiger partial charge on any atom is 0.233 e. The van der Waals surface area contributed by atoms with Crippen molar-refractivity contribution in [3.8, 4) is 5.75 Å². The molecule has 4 heteroatoms. The number of hydrogen-bond donors (Lipinski definition) is 1. The molecule has 2 N–H and O–H groups in total.